The Bertz CT molecular complexity index is 460. The molecule has 0 spiro atoms. The van der Waals surface area contributed by atoms with E-state index in [1.807, 2.05) is 13.8 Å². The van der Waals surface area contributed by atoms with Crippen LogP contribution in [0.4, 0.5) is 0 Å². The zero-order valence-corrected chi connectivity index (χ0v) is 12.0. The van der Waals surface area contributed by atoms with Gasteiger partial charge in [0.1, 0.15) is 6.04 Å². The highest BCUT2D eigenvalue weighted by molar-refractivity contribution is 6.10. The van der Waals surface area contributed by atoms with Crippen LogP contribution in [0.3, 0.4) is 0 Å². The normalized spacial score (nSPS) is 32.0. The molecule has 1 saturated heterocycles. The summed E-state index contributed by atoms with van der Waals surface area (Å²) in [6, 6.07) is -0.307. The van der Waals surface area contributed by atoms with Crippen LogP contribution in [0.15, 0.2) is 0 Å². The van der Waals surface area contributed by atoms with Crippen molar-refractivity contribution in [3.8, 4) is 0 Å². The van der Waals surface area contributed by atoms with Crippen molar-refractivity contribution in [2.45, 2.75) is 38.8 Å². The minimum absolute atomic E-state index is 0.0872. The molecule has 0 aromatic rings. The molecule has 0 aromatic heterocycles. The van der Waals surface area contributed by atoms with E-state index in [1.54, 1.807) is 0 Å². The summed E-state index contributed by atoms with van der Waals surface area (Å²) in [4.78, 5) is 37.5. The first-order chi connectivity index (χ1) is 9.37. The summed E-state index contributed by atoms with van der Waals surface area (Å²) in [6.07, 6.45) is 2.04. The summed E-state index contributed by atoms with van der Waals surface area (Å²) in [5, 5.41) is 3.14. The van der Waals surface area contributed by atoms with Gasteiger partial charge >= 0.3 is 5.97 Å². The molecule has 1 aliphatic heterocycles. The summed E-state index contributed by atoms with van der Waals surface area (Å²) in [5.74, 6) is -1.10. The molecule has 3 fully saturated rings. The third-order valence-corrected chi connectivity index (χ3v) is 4.76. The zero-order valence-electron chi connectivity index (χ0n) is 12.0. The summed E-state index contributed by atoms with van der Waals surface area (Å²) < 4.78 is 4.75. The average Bonchev–Trinajstić information content (AvgIpc) is 3.26. The standard InChI is InChI=1S/C14H20N2O4/c1-14(2)9-10(14)12(18)16(11(9)17)6-8(13(19)20-3)15-7-4-5-7/h7-10,15H,4-6H2,1-3H3. The van der Waals surface area contributed by atoms with Crippen molar-refractivity contribution in [3.05, 3.63) is 0 Å². The van der Waals surface area contributed by atoms with Gasteiger partial charge in [-0.1, -0.05) is 13.8 Å². The van der Waals surface area contributed by atoms with Gasteiger partial charge in [-0.2, -0.15) is 0 Å². The van der Waals surface area contributed by atoms with Crippen LogP contribution in [0.25, 0.3) is 0 Å². The number of hydrogen-bond donors (Lipinski definition) is 1. The third-order valence-electron chi connectivity index (χ3n) is 4.76. The van der Waals surface area contributed by atoms with Crippen molar-refractivity contribution < 1.29 is 19.1 Å². The largest absolute Gasteiger partial charge is 0.468 e. The van der Waals surface area contributed by atoms with E-state index in [9.17, 15) is 14.4 Å². The molecule has 6 nitrogen and oxygen atoms in total. The smallest absolute Gasteiger partial charge is 0.324 e. The molecule has 0 radical (unpaired) electrons. The van der Waals surface area contributed by atoms with E-state index in [4.69, 9.17) is 4.74 Å². The highest BCUT2D eigenvalue weighted by Crippen LogP contribution is 2.63. The van der Waals surface area contributed by atoms with Gasteiger partial charge in [-0.05, 0) is 18.3 Å². The Hall–Kier alpha value is -1.43. The molecule has 110 valence electrons. The first-order valence-corrected chi connectivity index (χ1v) is 7.07. The molecule has 1 heterocycles. The molecule has 0 bridgehead atoms. The summed E-state index contributed by atoms with van der Waals surface area (Å²) in [6.45, 7) is 3.97. The summed E-state index contributed by atoms with van der Waals surface area (Å²) in [7, 11) is 1.32. The molecular weight excluding hydrogens is 260 g/mol. The van der Waals surface area contributed by atoms with Crippen molar-refractivity contribution in [2.75, 3.05) is 13.7 Å². The highest BCUT2D eigenvalue weighted by atomic mass is 16.5. The molecule has 2 amide bonds. The number of likely N-dealkylation sites (tertiary alicyclic amines) is 1. The van der Waals surface area contributed by atoms with Crippen LogP contribution >= 0.6 is 0 Å². The number of carbonyl (C=O) groups is 3. The predicted molar refractivity (Wildman–Crippen MR) is 69.4 cm³/mol. The minimum atomic E-state index is -0.610. The lowest BCUT2D eigenvalue weighted by Crippen LogP contribution is -2.50. The van der Waals surface area contributed by atoms with Crippen LogP contribution < -0.4 is 5.32 Å². The Kier molecular flexibility index (Phi) is 2.90. The second-order valence-electron chi connectivity index (χ2n) is 6.58. The molecule has 2 saturated carbocycles. The van der Waals surface area contributed by atoms with Crippen LogP contribution in [0.1, 0.15) is 26.7 Å². The van der Waals surface area contributed by atoms with Gasteiger partial charge in [0, 0.05) is 6.04 Å². The number of imide groups is 1. The van der Waals surface area contributed by atoms with Gasteiger partial charge in [0.25, 0.3) is 0 Å². The van der Waals surface area contributed by atoms with E-state index in [2.05, 4.69) is 5.32 Å². The molecule has 3 aliphatic rings. The fourth-order valence-electron chi connectivity index (χ4n) is 3.24. The Labute approximate surface area is 117 Å². The monoisotopic (exact) mass is 280 g/mol. The number of esters is 1. The van der Waals surface area contributed by atoms with Gasteiger partial charge < -0.3 is 10.1 Å². The molecule has 3 rings (SSSR count). The van der Waals surface area contributed by atoms with Gasteiger partial charge in [-0.15, -0.1) is 0 Å². The molecule has 3 unspecified atom stereocenters. The SMILES string of the molecule is COC(=O)C(CN1C(=O)C2C(C1=O)C2(C)C)NC1CC1. The van der Waals surface area contributed by atoms with Crippen LogP contribution in [-0.2, 0) is 19.1 Å². The first kappa shape index (κ1) is 13.5. The molecule has 0 aromatic carbocycles. The Morgan fingerprint density at radius 3 is 2.35 bits per heavy atom. The van der Waals surface area contributed by atoms with Gasteiger partial charge in [0.05, 0.1) is 25.5 Å². The average molecular weight is 280 g/mol. The van der Waals surface area contributed by atoms with Crippen molar-refractivity contribution in [1.29, 1.82) is 0 Å². The minimum Gasteiger partial charge on any atom is -0.468 e. The second-order valence-corrected chi connectivity index (χ2v) is 6.58. The lowest BCUT2D eigenvalue weighted by atomic mass is 10.1. The number of carbonyl (C=O) groups excluding carboxylic acids is 3. The number of nitrogens with zero attached hydrogens (tertiary/aromatic N) is 1. The van der Waals surface area contributed by atoms with Crippen molar-refractivity contribution in [2.24, 2.45) is 17.3 Å². The molecule has 2 aliphatic carbocycles. The Morgan fingerprint density at radius 2 is 1.90 bits per heavy atom. The number of methoxy groups -OCH3 is 1. The van der Waals surface area contributed by atoms with Crippen molar-refractivity contribution >= 4 is 17.8 Å². The third kappa shape index (κ3) is 1.93. The maximum atomic E-state index is 12.2. The number of piperidine rings is 1. The number of amides is 2. The van der Waals surface area contributed by atoms with Crippen LogP contribution in [-0.4, -0.2) is 48.4 Å². The number of hydrogen-bond acceptors (Lipinski definition) is 5. The van der Waals surface area contributed by atoms with E-state index in [1.165, 1.54) is 12.0 Å². The lowest BCUT2D eigenvalue weighted by molar-refractivity contribution is -0.147. The zero-order chi connectivity index (χ0) is 14.7. The van der Waals surface area contributed by atoms with Gasteiger partial charge in [-0.3, -0.25) is 19.3 Å². The van der Waals surface area contributed by atoms with E-state index >= 15 is 0 Å². The van der Waals surface area contributed by atoms with E-state index in [0.717, 1.165) is 12.8 Å². The number of rotatable bonds is 5. The predicted octanol–water partition coefficient (Wildman–Crippen LogP) is -0.0790. The molecular formula is C14H20N2O4. The van der Waals surface area contributed by atoms with Crippen molar-refractivity contribution in [1.82, 2.24) is 10.2 Å². The van der Waals surface area contributed by atoms with Gasteiger partial charge in [-0.25, -0.2) is 0 Å². The highest BCUT2D eigenvalue weighted by Gasteiger charge is 2.72. The number of nitrogens with one attached hydrogen (secondary N) is 1. The van der Waals surface area contributed by atoms with E-state index in [0.29, 0.717) is 6.04 Å². The first-order valence-electron chi connectivity index (χ1n) is 7.07. The number of fused-ring (bicyclic) bond motifs is 1. The Balaban J connectivity index is 1.68. The summed E-state index contributed by atoms with van der Waals surface area (Å²) in [5.41, 5.74) is -0.213. The molecule has 20 heavy (non-hydrogen) atoms. The lowest BCUT2D eigenvalue weighted by Gasteiger charge is -2.25. The molecule has 6 heteroatoms. The van der Waals surface area contributed by atoms with Gasteiger partial charge in [0.2, 0.25) is 11.8 Å². The van der Waals surface area contributed by atoms with Crippen LogP contribution in [0, 0.1) is 17.3 Å². The fraction of sp³-hybridized carbons (Fsp3) is 0.786. The number of ether oxygens (including phenoxy) is 1. The quantitative estimate of drug-likeness (QED) is 0.563. The van der Waals surface area contributed by atoms with Crippen molar-refractivity contribution in [3.63, 3.8) is 0 Å². The summed E-state index contributed by atoms with van der Waals surface area (Å²) >= 11 is 0. The second kappa shape index (κ2) is 4.28. The molecule has 3 atom stereocenters. The van der Waals surface area contributed by atoms with E-state index in [-0.39, 0.29) is 35.6 Å². The van der Waals surface area contributed by atoms with E-state index < -0.39 is 12.0 Å². The van der Waals surface area contributed by atoms with Gasteiger partial charge in [0.15, 0.2) is 0 Å². The maximum absolute atomic E-state index is 12.2. The Morgan fingerprint density at radius 1 is 1.35 bits per heavy atom. The topological polar surface area (TPSA) is 75.7 Å². The molecule has 1 N–H and O–H groups in total. The maximum Gasteiger partial charge on any atom is 0.324 e. The van der Waals surface area contributed by atoms with Crippen LogP contribution in [0.5, 0.6) is 0 Å². The van der Waals surface area contributed by atoms with Crippen LogP contribution in [0.2, 0.25) is 0 Å². The fourth-order valence-corrected chi connectivity index (χ4v) is 3.24.